The third-order valence-electron chi connectivity index (χ3n) is 3.77. The molecule has 3 nitrogen and oxygen atoms in total. The minimum absolute atomic E-state index is 0.313. The Bertz CT molecular complexity index is 229. The monoisotopic (exact) mass is 258 g/mol. The minimum Gasteiger partial charge on any atom is -0.342 e. The van der Waals surface area contributed by atoms with Gasteiger partial charge in [-0.25, -0.2) is 0 Å². The third-order valence-corrected chi connectivity index (χ3v) is 4.91. The molecule has 0 saturated carbocycles. The quantitative estimate of drug-likeness (QED) is 0.761. The van der Waals surface area contributed by atoms with Crippen LogP contribution < -0.4 is 5.73 Å². The van der Waals surface area contributed by atoms with Crippen molar-refractivity contribution in [2.45, 2.75) is 45.1 Å². The topological polar surface area (TPSA) is 46.3 Å². The van der Waals surface area contributed by atoms with E-state index in [1.54, 1.807) is 0 Å². The van der Waals surface area contributed by atoms with E-state index in [1.807, 2.05) is 23.7 Å². The fourth-order valence-electron chi connectivity index (χ4n) is 2.32. The molecule has 1 rings (SSSR count). The lowest BCUT2D eigenvalue weighted by atomic mass is 9.96. The highest BCUT2D eigenvalue weighted by Crippen LogP contribution is 2.23. The van der Waals surface area contributed by atoms with E-state index < -0.39 is 0 Å². The number of amides is 1. The summed E-state index contributed by atoms with van der Waals surface area (Å²) in [7, 11) is 1.96. The normalized spacial score (nSPS) is 21.5. The maximum Gasteiger partial charge on any atom is 0.222 e. The van der Waals surface area contributed by atoms with E-state index in [1.165, 1.54) is 5.75 Å². The van der Waals surface area contributed by atoms with Gasteiger partial charge in [-0.15, -0.1) is 0 Å². The highest BCUT2D eigenvalue weighted by molar-refractivity contribution is 7.99. The Labute approximate surface area is 109 Å². The predicted molar refractivity (Wildman–Crippen MR) is 75.2 cm³/mol. The molecule has 0 aromatic heterocycles. The van der Waals surface area contributed by atoms with Crippen LogP contribution in [-0.4, -0.2) is 41.9 Å². The zero-order valence-electron chi connectivity index (χ0n) is 11.2. The summed E-state index contributed by atoms with van der Waals surface area (Å²) in [5, 5.41) is 0. The molecule has 17 heavy (non-hydrogen) atoms. The number of nitrogens with two attached hydrogens (primary N) is 1. The molecule has 4 heteroatoms. The molecule has 2 N–H and O–H groups in total. The zero-order chi connectivity index (χ0) is 12.7. The molecule has 0 spiro atoms. The van der Waals surface area contributed by atoms with E-state index >= 15 is 0 Å². The fraction of sp³-hybridized carbons (Fsp3) is 0.923. The van der Waals surface area contributed by atoms with Crippen LogP contribution in [0.1, 0.15) is 39.0 Å². The van der Waals surface area contributed by atoms with Crippen molar-refractivity contribution in [3.05, 3.63) is 0 Å². The summed E-state index contributed by atoms with van der Waals surface area (Å²) in [6.45, 7) is 2.92. The Balaban J connectivity index is 2.27. The van der Waals surface area contributed by atoms with Gasteiger partial charge in [0.05, 0.1) is 0 Å². The summed E-state index contributed by atoms with van der Waals surface area (Å²) in [5.74, 6) is 3.25. The van der Waals surface area contributed by atoms with Crippen LogP contribution >= 0.6 is 11.8 Å². The molecule has 1 aliphatic rings. The Kier molecular flexibility index (Phi) is 6.97. The van der Waals surface area contributed by atoms with E-state index in [-0.39, 0.29) is 0 Å². The van der Waals surface area contributed by atoms with Crippen LogP contribution in [0.5, 0.6) is 0 Å². The number of nitrogens with zero attached hydrogens (tertiary/aromatic N) is 1. The Hall–Kier alpha value is -0.220. The van der Waals surface area contributed by atoms with Crippen LogP contribution in [0.4, 0.5) is 0 Å². The molecule has 0 radical (unpaired) electrons. The van der Waals surface area contributed by atoms with Crippen molar-refractivity contribution in [3.63, 3.8) is 0 Å². The number of thioether (sulfide) groups is 1. The van der Waals surface area contributed by atoms with Crippen LogP contribution in [0.2, 0.25) is 0 Å². The maximum atomic E-state index is 12.0. The van der Waals surface area contributed by atoms with Crippen LogP contribution in [0.3, 0.4) is 0 Å². The van der Waals surface area contributed by atoms with Gasteiger partial charge in [-0.1, -0.05) is 13.3 Å². The van der Waals surface area contributed by atoms with E-state index in [4.69, 9.17) is 5.73 Å². The van der Waals surface area contributed by atoms with E-state index in [0.717, 1.165) is 38.0 Å². The van der Waals surface area contributed by atoms with Crippen molar-refractivity contribution in [2.75, 3.05) is 25.1 Å². The van der Waals surface area contributed by atoms with Crippen molar-refractivity contribution in [3.8, 4) is 0 Å². The van der Waals surface area contributed by atoms with Crippen molar-refractivity contribution < 1.29 is 4.79 Å². The molecule has 0 aromatic rings. The van der Waals surface area contributed by atoms with Gasteiger partial charge < -0.3 is 10.6 Å². The first kappa shape index (κ1) is 14.8. The molecule has 0 aromatic carbocycles. The lowest BCUT2D eigenvalue weighted by Gasteiger charge is -2.24. The van der Waals surface area contributed by atoms with Gasteiger partial charge in [-0.2, -0.15) is 11.8 Å². The molecule has 100 valence electrons. The SMILES string of the molecule is CCC(CCN)CCC(=O)N(C)C1CCSC1. The van der Waals surface area contributed by atoms with Crippen LogP contribution in [0.25, 0.3) is 0 Å². The van der Waals surface area contributed by atoms with Gasteiger partial charge in [0.25, 0.3) is 0 Å². The lowest BCUT2D eigenvalue weighted by Crippen LogP contribution is -2.37. The Morgan fingerprint density at radius 2 is 2.29 bits per heavy atom. The second-order valence-corrected chi connectivity index (χ2v) is 6.06. The number of rotatable bonds is 7. The number of carbonyl (C=O) groups excluding carboxylic acids is 1. The molecule has 0 aliphatic carbocycles. The second kappa shape index (κ2) is 7.98. The summed E-state index contributed by atoms with van der Waals surface area (Å²) in [5.41, 5.74) is 5.57. The fourth-order valence-corrected chi connectivity index (χ4v) is 3.59. The van der Waals surface area contributed by atoms with Crippen LogP contribution in [0, 0.1) is 5.92 Å². The van der Waals surface area contributed by atoms with Gasteiger partial charge in [-0.3, -0.25) is 4.79 Å². The van der Waals surface area contributed by atoms with Crippen LogP contribution in [0.15, 0.2) is 0 Å². The highest BCUT2D eigenvalue weighted by atomic mass is 32.2. The standard InChI is InChI=1S/C13H26N2OS/c1-3-11(6-8-14)4-5-13(16)15(2)12-7-9-17-10-12/h11-12H,3-10,14H2,1-2H3. The third kappa shape index (κ3) is 4.88. The zero-order valence-corrected chi connectivity index (χ0v) is 12.0. The number of carbonyl (C=O) groups is 1. The highest BCUT2D eigenvalue weighted by Gasteiger charge is 2.23. The van der Waals surface area contributed by atoms with Crippen molar-refractivity contribution in [1.82, 2.24) is 4.90 Å². The summed E-state index contributed by atoms with van der Waals surface area (Å²) in [6, 6.07) is 0.474. The first-order valence-electron chi connectivity index (χ1n) is 6.72. The lowest BCUT2D eigenvalue weighted by molar-refractivity contribution is -0.131. The molecule has 1 saturated heterocycles. The second-order valence-electron chi connectivity index (χ2n) is 4.91. The molecular formula is C13H26N2OS. The van der Waals surface area contributed by atoms with Crippen molar-refractivity contribution >= 4 is 17.7 Å². The van der Waals surface area contributed by atoms with Gasteiger partial charge >= 0.3 is 0 Å². The average molecular weight is 258 g/mol. The summed E-state index contributed by atoms with van der Waals surface area (Å²) >= 11 is 1.95. The number of hydrogen-bond acceptors (Lipinski definition) is 3. The first-order chi connectivity index (χ1) is 8.19. The molecule has 1 amide bonds. The summed E-state index contributed by atoms with van der Waals surface area (Å²) < 4.78 is 0. The van der Waals surface area contributed by atoms with E-state index in [2.05, 4.69) is 6.92 Å². The minimum atomic E-state index is 0.313. The number of hydrogen-bond donors (Lipinski definition) is 1. The van der Waals surface area contributed by atoms with Gasteiger partial charge in [0.1, 0.15) is 0 Å². The van der Waals surface area contributed by atoms with Crippen LogP contribution in [-0.2, 0) is 4.79 Å². The molecule has 0 bridgehead atoms. The molecule has 2 unspecified atom stereocenters. The summed E-state index contributed by atoms with van der Waals surface area (Å²) in [4.78, 5) is 14.0. The largest absolute Gasteiger partial charge is 0.342 e. The first-order valence-corrected chi connectivity index (χ1v) is 7.88. The van der Waals surface area contributed by atoms with E-state index in [9.17, 15) is 4.79 Å². The Morgan fingerprint density at radius 1 is 1.53 bits per heavy atom. The van der Waals surface area contributed by atoms with Gasteiger partial charge in [0.15, 0.2) is 0 Å². The molecule has 2 atom stereocenters. The smallest absolute Gasteiger partial charge is 0.222 e. The van der Waals surface area contributed by atoms with Crippen molar-refractivity contribution in [2.24, 2.45) is 11.7 Å². The molecule has 1 fully saturated rings. The average Bonchev–Trinajstić information content (AvgIpc) is 2.86. The molecular weight excluding hydrogens is 232 g/mol. The van der Waals surface area contributed by atoms with Crippen molar-refractivity contribution in [1.29, 1.82) is 0 Å². The Morgan fingerprint density at radius 3 is 2.82 bits per heavy atom. The van der Waals surface area contributed by atoms with Gasteiger partial charge in [-0.05, 0) is 37.5 Å². The van der Waals surface area contributed by atoms with Gasteiger partial charge in [0, 0.05) is 25.3 Å². The predicted octanol–water partition coefficient (Wildman–Crippen LogP) is 2.11. The molecule has 1 heterocycles. The maximum absolute atomic E-state index is 12.0. The van der Waals surface area contributed by atoms with E-state index in [0.29, 0.717) is 24.3 Å². The van der Waals surface area contributed by atoms with Gasteiger partial charge in [0.2, 0.25) is 5.91 Å². The summed E-state index contributed by atoms with van der Waals surface area (Å²) in [6.07, 6.45) is 5.03. The molecule has 1 aliphatic heterocycles.